The van der Waals surface area contributed by atoms with Crippen LogP contribution in [0.15, 0.2) is 79.1 Å². The van der Waals surface area contributed by atoms with E-state index in [9.17, 15) is 14.4 Å². The van der Waals surface area contributed by atoms with Crippen molar-refractivity contribution in [3.8, 4) is 17.3 Å². The third-order valence-corrected chi connectivity index (χ3v) is 5.59. The Morgan fingerprint density at radius 3 is 2.66 bits per heavy atom. The van der Waals surface area contributed by atoms with Gasteiger partial charge in [0.25, 0.3) is 0 Å². The summed E-state index contributed by atoms with van der Waals surface area (Å²) >= 11 is 0. The standard InChI is InChI=1S/C28H24FN5O/c1-20-14-26(25-10-3-2-8-23(25)16-30)33-28(32-13-11-21-6-4-9-24(29)15-21)27(20)34(19-35)18-22-7-5-12-31-17-22/h2-10,12,14-15,17,19H,11,13,18H2,1H3,(H,32,33). The minimum Gasteiger partial charge on any atom is -0.368 e. The van der Waals surface area contributed by atoms with Crippen molar-refractivity contribution < 1.29 is 9.18 Å². The molecule has 0 bridgehead atoms. The number of benzene rings is 2. The van der Waals surface area contributed by atoms with Crippen molar-refractivity contribution in [1.29, 1.82) is 5.26 Å². The number of anilines is 2. The van der Waals surface area contributed by atoms with Gasteiger partial charge in [0.15, 0.2) is 5.82 Å². The van der Waals surface area contributed by atoms with Crippen LogP contribution >= 0.6 is 0 Å². The number of carbonyl (C=O) groups excluding carboxylic acids is 1. The molecule has 2 aromatic heterocycles. The first kappa shape index (κ1) is 23.6. The van der Waals surface area contributed by atoms with E-state index in [0.717, 1.165) is 23.1 Å². The Balaban J connectivity index is 1.72. The van der Waals surface area contributed by atoms with Crippen LogP contribution in [0.2, 0.25) is 0 Å². The van der Waals surface area contributed by atoms with E-state index in [2.05, 4.69) is 16.4 Å². The van der Waals surface area contributed by atoms with Gasteiger partial charge in [0, 0.05) is 24.5 Å². The molecule has 4 rings (SSSR count). The summed E-state index contributed by atoms with van der Waals surface area (Å²) in [4.78, 5) is 22.7. The number of aromatic nitrogens is 2. The Hall–Kier alpha value is -4.57. The Labute approximate surface area is 203 Å². The van der Waals surface area contributed by atoms with E-state index in [1.54, 1.807) is 29.4 Å². The van der Waals surface area contributed by atoms with Gasteiger partial charge < -0.3 is 10.2 Å². The van der Waals surface area contributed by atoms with Crippen molar-refractivity contribution in [2.24, 2.45) is 0 Å². The van der Waals surface area contributed by atoms with Gasteiger partial charge >= 0.3 is 0 Å². The molecule has 0 spiro atoms. The second kappa shape index (κ2) is 11.0. The summed E-state index contributed by atoms with van der Waals surface area (Å²) in [7, 11) is 0. The molecule has 0 saturated carbocycles. The molecule has 6 nitrogen and oxygen atoms in total. The van der Waals surface area contributed by atoms with Gasteiger partial charge in [-0.3, -0.25) is 9.78 Å². The zero-order valence-corrected chi connectivity index (χ0v) is 19.3. The topological polar surface area (TPSA) is 81.9 Å². The third-order valence-electron chi connectivity index (χ3n) is 5.59. The Morgan fingerprint density at radius 2 is 1.91 bits per heavy atom. The van der Waals surface area contributed by atoms with Crippen LogP contribution in [0.5, 0.6) is 0 Å². The van der Waals surface area contributed by atoms with Gasteiger partial charge in [-0.2, -0.15) is 5.26 Å². The van der Waals surface area contributed by atoms with Crippen molar-refractivity contribution in [3.63, 3.8) is 0 Å². The molecule has 0 aliphatic carbocycles. The molecule has 2 aromatic carbocycles. The lowest BCUT2D eigenvalue weighted by Gasteiger charge is -2.24. The molecule has 1 amide bonds. The Kier molecular flexibility index (Phi) is 7.44. The summed E-state index contributed by atoms with van der Waals surface area (Å²) in [6.45, 7) is 2.71. The van der Waals surface area contributed by atoms with Gasteiger partial charge in [-0.1, -0.05) is 36.4 Å². The fourth-order valence-electron chi connectivity index (χ4n) is 3.97. The zero-order chi connectivity index (χ0) is 24.6. The quantitative estimate of drug-likeness (QED) is 0.340. The van der Waals surface area contributed by atoms with E-state index in [4.69, 9.17) is 4.98 Å². The summed E-state index contributed by atoms with van der Waals surface area (Å²) < 4.78 is 13.6. The predicted octanol–water partition coefficient (Wildman–Crippen LogP) is 5.28. The molecular formula is C28H24FN5O. The fraction of sp³-hybridized carbons (Fsp3) is 0.143. The molecule has 0 unspecified atom stereocenters. The fourth-order valence-corrected chi connectivity index (χ4v) is 3.97. The lowest BCUT2D eigenvalue weighted by Crippen LogP contribution is -2.24. The minimum absolute atomic E-state index is 0.282. The summed E-state index contributed by atoms with van der Waals surface area (Å²) in [6, 6.07) is 21.5. The van der Waals surface area contributed by atoms with Crippen LogP contribution in [0.4, 0.5) is 15.9 Å². The summed E-state index contributed by atoms with van der Waals surface area (Å²) in [5.41, 5.74) is 5.05. The van der Waals surface area contributed by atoms with Crippen molar-refractivity contribution in [2.75, 3.05) is 16.8 Å². The molecule has 174 valence electrons. The highest BCUT2D eigenvalue weighted by atomic mass is 19.1. The molecule has 0 atom stereocenters. The van der Waals surface area contributed by atoms with E-state index < -0.39 is 0 Å². The monoisotopic (exact) mass is 465 g/mol. The molecule has 35 heavy (non-hydrogen) atoms. The summed E-state index contributed by atoms with van der Waals surface area (Å²) in [5, 5.41) is 12.9. The summed E-state index contributed by atoms with van der Waals surface area (Å²) in [5.74, 6) is 0.232. The van der Waals surface area contributed by atoms with Crippen LogP contribution in [0.25, 0.3) is 11.3 Å². The molecule has 7 heteroatoms. The number of carbonyl (C=O) groups is 1. The highest BCUT2D eigenvalue weighted by Gasteiger charge is 2.19. The SMILES string of the molecule is Cc1cc(-c2ccccc2C#N)nc(NCCc2cccc(F)c2)c1N(C=O)Cc1cccnc1. The van der Waals surface area contributed by atoms with Crippen LogP contribution < -0.4 is 10.2 Å². The molecular weight excluding hydrogens is 441 g/mol. The Bertz CT molecular complexity index is 1370. The predicted molar refractivity (Wildman–Crippen MR) is 134 cm³/mol. The first-order chi connectivity index (χ1) is 17.1. The Morgan fingerprint density at radius 1 is 1.09 bits per heavy atom. The number of hydrogen-bond donors (Lipinski definition) is 1. The van der Waals surface area contributed by atoms with Crippen molar-refractivity contribution in [2.45, 2.75) is 19.9 Å². The first-order valence-electron chi connectivity index (χ1n) is 11.2. The maximum atomic E-state index is 13.6. The lowest BCUT2D eigenvalue weighted by atomic mass is 10.0. The second-order valence-corrected chi connectivity index (χ2v) is 8.08. The van der Waals surface area contributed by atoms with E-state index in [1.807, 2.05) is 49.4 Å². The van der Waals surface area contributed by atoms with Crippen LogP contribution in [-0.4, -0.2) is 22.9 Å². The van der Waals surface area contributed by atoms with Crippen LogP contribution in [0.3, 0.4) is 0 Å². The van der Waals surface area contributed by atoms with Crippen LogP contribution in [0, 0.1) is 24.1 Å². The van der Waals surface area contributed by atoms with E-state index in [0.29, 0.717) is 47.8 Å². The second-order valence-electron chi connectivity index (χ2n) is 8.08. The molecule has 4 aromatic rings. The third kappa shape index (κ3) is 5.68. The van der Waals surface area contributed by atoms with E-state index in [-0.39, 0.29) is 5.82 Å². The molecule has 0 aliphatic rings. The van der Waals surface area contributed by atoms with Crippen LogP contribution in [0.1, 0.15) is 22.3 Å². The van der Waals surface area contributed by atoms with Crippen molar-refractivity contribution in [1.82, 2.24) is 9.97 Å². The largest absolute Gasteiger partial charge is 0.368 e. The molecule has 0 saturated heterocycles. The maximum absolute atomic E-state index is 13.6. The molecule has 1 N–H and O–H groups in total. The summed E-state index contributed by atoms with van der Waals surface area (Å²) in [6.07, 6.45) is 4.74. The lowest BCUT2D eigenvalue weighted by molar-refractivity contribution is -0.107. The number of rotatable bonds is 9. The number of amides is 1. The number of pyridine rings is 2. The number of aryl methyl sites for hydroxylation is 1. The van der Waals surface area contributed by atoms with Gasteiger partial charge in [-0.05, 0) is 60.4 Å². The van der Waals surface area contributed by atoms with Crippen LogP contribution in [-0.2, 0) is 17.8 Å². The van der Waals surface area contributed by atoms with Gasteiger partial charge in [-0.15, -0.1) is 0 Å². The molecule has 0 radical (unpaired) electrons. The van der Waals surface area contributed by atoms with Gasteiger partial charge in [0.2, 0.25) is 6.41 Å². The molecule has 0 aliphatic heterocycles. The minimum atomic E-state index is -0.282. The van der Waals surface area contributed by atoms with Gasteiger partial charge in [0.05, 0.1) is 29.6 Å². The molecule has 2 heterocycles. The number of nitrogens with zero attached hydrogens (tertiary/aromatic N) is 4. The van der Waals surface area contributed by atoms with E-state index >= 15 is 0 Å². The van der Waals surface area contributed by atoms with Gasteiger partial charge in [-0.25, -0.2) is 9.37 Å². The zero-order valence-electron chi connectivity index (χ0n) is 19.3. The number of halogens is 1. The average molecular weight is 466 g/mol. The normalized spacial score (nSPS) is 10.4. The van der Waals surface area contributed by atoms with Gasteiger partial charge in [0.1, 0.15) is 5.82 Å². The maximum Gasteiger partial charge on any atom is 0.214 e. The number of nitrogens with one attached hydrogen (secondary N) is 1. The number of hydrogen-bond acceptors (Lipinski definition) is 5. The van der Waals surface area contributed by atoms with Crippen molar-refractivity contribution in [3.05, 3.63) is 107 Å². The molecule has 0 fully saturated rings. The number of nitriles is 1. The van der Waals surface area contributed by atoms with E-state index in [1.165, 1.54) is 12.1 Å². The van der Waals surface area contributed by atoms with Crippen molar-refractivity contribution >= 4 is 17.9 Å². The first-order valence-corrected chi connectivity index (χ1v) is 11.2. The average Bonchev–Trinajstić information content (AvgIpc) is 2.88. The highest BCUT2D eigenvalue weighted by molar-refractivity contribution is 5.86. The highest BCUT2D eigenvalue weighted by Crippen LogP contribution is 2.33. The smallest absolute Gasteiger partial charge is 0.214 e.